The third-order valence-electron chi connectivity index (χ3n) is 3.72. The lowest BCUT2D eigenvalue weighted by atomic mass is 9.95. The molecule has 1 amide bonds. The summed E-state index contributed by atoms with van der Waals surface area (Å²) >= 11 is 1.51. The number of likely N-dealkylation sites (tertiary alicyclic amines) is 1. The van der Waals surface area contributed by atoms with Crippen LogP contribution in [0.3, 0.4) is 0 Å². The molecule has 0 bridgehead atoms. The van der Waals surface area contributed by atoms with Crippen molar-refractivity contribution in [1.29, 1.82) is 0 Å². The van der Waals surface area contributed by atoms with Crippen molar-refractivity contribution in [3.8, 4) is 0 Å². The molecule has 0 spiro atoms. The molecular weight excluding hydrogens is 246 g/mol. The van der Waals surface area contributed by atoms with Crippen molar-refractivity contribution in [2.24, 2.45) is 5.92 Å². The van der Waals surface area contributed by atoms with Crippen LogP contribution in [-0.2, 0) is 0 Å². The largest absolute Gasteiger partial charge is 0.391 e. The lowest BCUT2D eigenvalue weighted by Crippen LogP contribution is -2.45. The van der Waals surface area contributed by atoms with E-state index in [-0.39, 0.29) is 12.0 Å². The molecule has 4 heteroatoms. The maximum absolute atomic E-state index is 12.5. The van der Waals surface area contributed by atoms with Crippen LogP contribution < -0.4 is 0 Å². The number of nitrogens with zero attached hydrogens (tertiary/aromatic N) is 1. The third-order valence-corrected chi connectivity index (χ3v) is 4.64. The van der Waals surface area contributed by atoms with Crippen molar-refractivity contribution in [3.63, 3.8) is 0 Å². The van der Waals surface area contributed by atoms with E-state index in [1.165, 1.54) is 11.3 Å². The predicted molar refractivity (Wildman–Crippen MR) is 74.1 cm³/mol. The summed E-state index contributed by atoms with van der Waals surface area (Å²) in [4.78, 5) is 15.1. The molecule has 1 saturated heterocycles. The quantitative estimate of drug-likeness (QED) is 0.895. The van der Waals surface area contributed by atoms with Gasteiger partial charge in [0.2, 0.25) is 0 Å². The number of piperidine rings is 1. The van der Waals surface area contributed by atoms with E-state index in [1.807, 2.05) is 18.4 Å². The molecule has 1 aromatic heterocycles. The van der Waals surface area contributed by atoms with E-state index in [1.54, 1.807) is 4.90 Å². The van der Waals surface area contributed by atoms with Gasteiger partial charge in [0.25, 0.3) is 5.91 Å². The fourth-order valence-electron chi connectivity index (χ4n) is 2.32. The van der Waals surface area contributed by atoms with Gasteiger partial charge in [0.15, 0.2) is 0 Å². The molecule has 0 saturated carbocycles. The van der Waals surface area contributed by atoms with Gasteiger partial charge < -0.3 is 10.0 Å². The number of hydrogen-bond acceptors (Lipinski definition) is 3. The molecule has 3 nitrogen and oxygen atoms in total. The van der Waals surface area contributed by atoms with E-state index < -0.39 is 0 Å². The molecule has 2 heterocycles. The van der Waals surface area contributed by atoms with Gasteiger partial charge in [-0.15, -0.1) is 11.3 Å². The molecular formula is C14H21NO2S. The van der Waals surface area contributed by atoms with Crippen LogP contribution in [0.2, 0.25) is 0 Å². The highest BCUT2D eigenvalue weighted by atomic mass is 32.1. The summed E-state index contributed by atoms with van der Waals surface area (Å²) < 4.78 is 0. The maximum atomic E-state index is 12.5. The van der Waals surface area contributed by atoms with Crippen molar-refractivity contribution in [3.05, 3.63) is 21.9 Å². The summed E-state index contributed by atoms with van der Waals surface area (Å²) in [5, 5.41) is 11.9. The van der Waals surface area contributed by atoms with Gasteiger partial charge in [-0.1, -0.05) is 20.8 Å². The number of aliphatic hydroxyl groups excluding tert-OH is 1. The molecule has 0 radical (unpaired) electrons. The Hall–Kier alpha value is -0.870. The number of amides is 1. The van der Waals surface area contributed by atoms with E-state index in [0.29, 0.717) is 18.4 Å². The van der Waals surface area contributed by atoms with Crippen molar-refractivity contribution in [2.75, 3.05) is 13.1 Å². The number of rotatable bonds is 2. The van der Waals surface area contributed by atoms with Crippen LogP contribution in [0.25, 0.3) is 0 Å². The molecule has 2 atom stereocenters. The standard InChI is InChI=1S/C14H21NO2S/c1-9(2)11-5-7-18-13(11)14(17)15-6-4-10(3)12(16)8-15/h5,7,9-10,12,16H,4,6,8H2,1-3H3. The minimum Gasteiger partial charge on any atom is -0.391 e. The van der Waals surface area contributed by atoms with E-state index in [0.717, 1.165) is 23.4 Å². The molecule has 0 aliphatic carbocycles. The first kappa shape index (κ1) is 13.6. The smallest absolute Gasteiger partial charge is 0.264 e. The molecule has 1 aliphatic heterocycles. The second-order valence-electron chi connectivity index (χ2n) is 5.44. The van der Waals surface area contributed by atoms with Gasteiger partial charge >= 0.3 is 0 Å². The Labute approximate surface area is 112 Å². The van der Waals surface area contributed by atoms with Gasteiger partial charge in [-0.25, -0.2) is 0 Å². The summed E-state index contributed by atoms with van der Waals surface area (Å²) in [5.41, 5.74) is 1.12. The molecule has 1 fully saturated rings. The third kappa shape index (κ3) is 2.59. The lowest BCUT2D eigenvalue weighted by molar-refractivity contribution is 0.0251. The number of β-amino-alcohol motifs (C(OH)–C–C–N with tert-alkyl or cyclic N) is 1. The molecule has 1 aliphatic rings. The van der Waals surface area contributed by atoms with Crippen LogP contribution in [0, 0.1) is 5.92 Å². The number of hydrogen-bond donors (Lipinski definition) is 1. The summed E-state index contributed by atoms with van der Waals surface area (Å²) in [7, 11) is 0. The van der Waals surface area contributed by atoms with Crippen LogP contribution in [0.15, 0.2) is 11.4 Å². The van der Waals surface area contributed by atoms with Gasteiger partial charge in [-0.2, -0.15) is 0 Å². The van der Waals surface area contributed by atoms with Gasteiger partial charge in [0.1, 0.15) is 0 Å². The SMILES string of the molecule is CC(C)c1ccsc1C(=O)N1CCC(C)C(O)C1. The Morgan fingerprint density at radius 1 is 1.56 bits per heavy atom. The molecule has 100 valence electrons. The first-order chi connectivity index (χ1) is 8.50. The topological polar surface area (TPSA) is 40.5 Å². The zero-order valence-corrected chi connectivity index (χ0v) is 12.0. The van der Waals surface area contributed by atoms with Crippen molar-refractivity contribution < 1.29 is 9.90 Å². The fourth-order valence-corrected chi connectivity index (χ4v) is 3.35. The fraction of sp³-hybridized carbons (Fsp3) is 0.643. The van der Waals surface area contributed by atoms with E-state index in [9.17, 15) is 9.90 Å². The first-order valence-corrected chi connectivity index (χ1v) is 7.43. The van der Waals surface area contributed by atoms with E-state index in [2.05, 4.69) is 13.8 Å². The van der Waals surface area contributed by atoms with Crippen LogP contribution >= 0.6 is 11.3 Å². The Morgan fingerprint density at radius 2 is 2.28 bits per heavy atom. The number of carbonyl (C=O) groups excluding carboxylic acids is 1. The molecule has 1 aromatic rings. The van der Waals surface area contributed by atoms with Crippen LogP contribution in [0.4, 0.5) is 0 Å². The average Bonchev–Trinajstić information content (AvgIpc) is 2.81. The summed E-state index contributed by atoms with van der Waals surface area (Å²) in [5.74, 6) is 0.741. The molecule has 18 heavy (non-hydrogen) atoms. The van der Waals surface area contributed by atoms with Gasteiger partial charge in [0.05, 0.1) is 11.0 Å². The second kappa shape index (κ2) is 5.41. The van der Waals surface area contributed by atoms with E-state index >= 15 is 0 Å². The van der Waals surface area contributed by atoms with E-state index in [4.69, 9.17) is 0 Å². The van der Waals surface area contributed by atoms with Crippen molar-refractivity contribution in [2.45, 2.75) is 39.2 Å². The normalized spacial score (nSPS) is 24.6. The number of carbonyl (C=O) groups is 1. The van der Waals surface area contributed by atoms with Gasteiger partial charge in [-0.05, 0) is 35.3 Å². The van der Waals surface area contributed by atoms with Crippen molar-refractivity contribution in [1.82, 2.24) is 4.90 Å². The number of aliphatic hydroxyl groups is 1. The van der Waals surface area contributed by atoms with Crippen LogP contribution in [-0.4, -0.2) is 35.1 Å². The first-order valence-electron chi connectivity index (χ1n) is 6.55. The predicted octanol–water partition coefficient (Wildman–Crippen LogP) is 2.71. The summed E-state index contributed by atoms with van der Waals surface area (Å²) in [6.07, 6.45) is 0.500. The van der Waals surface area contributed by atoms with Crippen LogP contribution in [0.5, 0.6) is 0 Å². The monoisotopic (exact) mass is 267 g/mol. The highest BCUT2D eigenvalue weighted by molar-refractivity contribution is 7.12. The Morgan fingerprint density at radius 3 is 2.89 bits per heavy atom. The molecule has 0 aromatic carbocycles. The minimum absolute atomic E-state index is 0.0830. The molecule has 1 N–H and O–H groups in total. The number of thiophene rings is 1. The Bertz CT molecular complexity index is 427. The van der Waals surface area contributed by atoms with Gasteiger partial charge in [0, 0.05) is 13.1 Å². The van der Waals surface area contributed by atoms with Crippen molar-refractivity contribution >= 4 is 17.2 Å². The Kier molecular flexibility index (Phi) is 4.07. The zero-order chi connectivity index (χ0) is 13.3. The van der Waals surface area contributed by atoms with Gasteiger partial charge in [-0.3, -0.25) is 4.79 Å². The average molecular weight is 267 g/mol. The zero-order valence-electron chi connectivity index (χ0n) is 11.2. The Balaban J connectivity index is 2.14. The summed E-state index contributed by atoms with van der Waals surface area (Å²) in [6, 6.07) is 2.03. The molecule has 2 rings (SSSR count). The lowest BCUT2D eigenvalue weighted by Gasteiger charge is -2.34. The summed E-state index contributed by atoms with van der Waals surface area (Å²) in [6.45, 7) is 7.47. The molecule has 2 unspecified atom stereocenters. The van der Waals surface area contributed by atoms with Crippen LogP contribution in [0.1, 0.15) is 48.3 Å². The second-order valence-corrected chi connectivity index (χ2v) is 6.36. The maximum Gasteiger partial charge on any atom is 0.264 e. The highest BCUT2D eigenvalue weighted by Gasteiger charge is 2.29. The highest BCUT2D eigenvalue weighted by Crippen LogP contribution is 2.27. The minimum atomic E-state index is -0.384.